The number of carbonyl (C=O) groups excluding carboxylic acids is 1. The predicted octanol–water partition coefficient (Wildman–Crippen LogP) is 1.80. The lowest BCUT2D eigenvalue weighted by molar-refractivity contribution is -0.147. The maximum absolute atomic E-state index is 12.7. The molecule has 138 valence electrons. The molecular weight excluding hydrogens is 340 g/mol. The highest BCUT2D eigenvalue weighted by molar-refractivity contribution is 5.97. The molecule has 8 nitrogen and oxygen atoms in total. The van der Waals surface area contributed by atoms with Gasteiger partial charge in [0.05, 0.1) is 24.5 Å². The van der Waals surface area contributed by atoms with Crippen molar-refractivity contribution in [3.8, 4) is 5.75 Å². The van der Waals surface area contributed by atoms with Crippen LogP contribution in [0.15, 0.2) is 28.8 Å². The minimum atomic E-state index is -1.08. The molecule has 1 N–H and O–H groups in total. The number of aliphatic carboxylic acids is 1. The number of carboxylic acids is 1. The van der Waals surface area contributed by atoms with E-state index in [2.05, 4.69) is 5.16 Å². The number of hydrogen-bond acceptors (Lipinski definition) is 6. The second-order valence-corrected chi connectivity index (χ2v) is 6.05. The topological polar surface area (TPSA) is 102 Å². The van der Waals surface area contributed by atoms with E-state index in [1.54, 1.807) is 24.3 Å². The van der Waals surface area contributed by atoms with Crippen molar-refractivity contribution in [3.63, 3.8) is 0 Å². The number of carboxylic acid groups (broad SMARTS) is 1. The monoisotopic (exact) mass is 360 g/mol. The summed E-state index contributed by atoms with van der Waals surface area (Å²) in [5, 5.41) is 13.2. The van der Waals surface area contributed by atoms with Gasteiger partial charge in [-0.2, -0.15) is 0 Å². The van der Waals surface area contributed by atoms with Gasteiger partial charge in [-0.3, -0.25) is 4.79 Å². The zero-order valence-electron chi connectivity index (χ0n) is 14.6. The number of morpholine rings is 1. The van der Waals surface area contributed by atoms with E-state index >= 15 is 0 Å². The molecule has 1 aromatic heterocycles. The van der Waals surface area contributed by atoms with Crippen LogP contribution in [0, 0.1) is 13.8 Å². The lowest BCUT2D eigenvalue weighted by Gasteiger charge is -2.32. The van der Waals surface area contributed by atoms with Gasteiger partial charge in [-0.05, 0) is 32.0 Å². The number of benzene rings is 1. The largest absolute Gasteiger partial charge is 0.489 e. The summed E-state index contributed by atoms with van der Waals surface area (Å²) in [6.45, 7) is 4.46. The minimum absolute atomic E-state index is 0.0106. The third-order valence-corrected chi connectivity index (χ3v) is 4.32. The van der Waals surface area contributed by atoms with Gasteiger partial charge in [0.2, 0.25) is 0 Å². The second-order valence-electron chi connectivity index (χ2n) is 6.05. The van der Waals surface area contributed by atoms with E-state index in [1.165, 1.54) is 4.90 Å². The van der Waals surface area contributed by atoms with Gasteiger partial charge in [0.15, 0.2) is 6.04 Å². The predicted molar refractivity (Wildman–Crippen MR) is 90.0 cm³/mol. The van der Waals surface area contributed by atoms with Gasteiger partial charge >= 0.3 is 5.97 Å². The summed E-state index contributed by atoms with van der Waals surface area (Å²) in [4.78, 5) is 25.4. The summed E-state index contributed by atoms with van der Waals surface area (Å²) >= 11 is 0. The van der Waals surface area contributed by atoms with Crippen LogP contribution in [0.2, 0.25) is 0 Å². The number of hydrogen-bond donors (Lipinski definition) is 1. The van der Waals surface area contributed by atoms with E-state index in [9.17, 15) is 14.7 Å². The van der Waals surface area contributed by atoms with Crippen LogP contribution in [0.5, 0.6) is 5.75 Å². The van der Waals surface area contributed by atoms with Gasteiger partial charge in [0, 0.05) is 12.1 Å². The van der Waals surface area contributed by atoms with Crippen molar-refractivity contribution < 1.29 is 28.7 Å². The molecule has 0 saturated carbocycles. The highest BCUT2D eigenvalue weighted by Gasteiger charge is 2.33. The molecule has 1 aromatic carbocycles. The van der Waals surface area contributed by atoms with Crippen LogP contribution in [-0.2, 0) is 16.1 Å². The number of carbonyl (C=O) groups is 2. The standard InChI is InChI=1S/C18H20N2O6/c1-11-15(12(2)26-19-11)9-25-14-5-3-4-13(8-14)17(21)20-6-7-24-10-16(20)18(22)23/h3-5,8,16H,6-7,9-10H2,1-2H3,(H,22,23)/t16-/m0/s1. The zero-order valence-corrected chi connectivity index (χ0v) is 14.6. The van der Waals surface area contributed by atoms with Crippen LogP contribution in [0.1, 0.15) is 27.4 Å². The van der Waals surface area contributed by atoms with Gasteiger partial charge in [-0.25, -0.2) is 4.79 Å². The number of amides is 1. The van der Waals surface area contributed by atoms with E-state index in [-0.39, 0.29) is 25.7 Å². The van der Waals surface area contributed by atoms with E-state index in [0.29, 0.717) is 23.7 Å². The van der Waals surface area contributed by atoms with Crippen LogP contribution in [0.25, 0.3) is 0 Å². The average Bonchev–Trinajstić information content (AvgIpc) is 2.97. The molecule has 1 aliphatic rings. The second kappa shape index (κ2) is 7.57. The molecule has 0 spiro atoms. The van der Waals surface area contributed by atoms with Crippen molar-refractivity contribution >= 4 is 11.9 Å². The number of nitrogens with zero attached hydrogens (tertiary/aromatic N) is 2. The summed E-state index contributed by atoms with van der Waals surface area (Å²) in [7, 11) is 0. The summed E-state index contributed by atoms with van der Waals surface area (Å²) in [5.41, 5.74) is 1.99. The Kier molecular flexibility index (Phi) is 5.22. The molecule has 3 rings (SSSR count). The number of ether oxygens (including phenoxy) is 2. The highest BCUT2D eigenvalue weighted by Crippen LogP contribution is 2.20. The highest BCUT2D eigenvalue weighted by atomic mass is 16.5. The summed E-state index contributed by atoms with van der Waals surface area (Å²) in [6.07, 6.45) is 0. The van der Waals surface area contributed by atoms with Crippen LogP contribution in [-0.4, -0.2) is 52.8 Å². The van der Waals surface area contributed by atoms with Gasteiger partial charge in [0.1, 0.15) is 18.1 Å². The van der Waals surface area contributed by atoms with Gasteiger partial charge in [-0.15, -0.1) is 0 Å². The van der Waals surface area contributed by atoms with Gasteiger partial charge in [0.25, 0.3) is 5.91 Å². The Balaban J connectivity index is 1.74. The van der Waals surface area contributed by atoms with Crippen LogP contribution in [0.3, 0.4) is 0 Å². The average molecular weight is 360 g/mol. The maximum Gasteiger partial charge on any atom is 0.328 e. The molecule has 8 heteroatoms. The van der Waals surface area contributed by atoms with Crippen molar-refractivity contribution in [2.75, 3.05) is 19.8 Å². The fourth-order valence-corrected chi connectivity index (χ4v) is 2.80. The van der Waals surface area contributed by atoms with E-state index in [0.717, 1.165) is 11.3 Å². The SMILES string of the molecule is Cc1noc(C)c1COc1cccc(C(=O)N2CCOC[C@H]2C(=O)O)c1. The molecule has 0 aliphatic carbocycles. The lowest BCUT2D eigenvalue weighted by Crippen LogP contribution is -2.52. The molecule has 1 atom stereocenters. The van der Waals surface area contributed by atoms with Gasteiger partial charge in [-0.1, -0.05) is 11.2 Å². The summed E-state index contributed by atoms with van der Waals surface area (Å²) in [6, 6.07) is 5.70. The maximum atomic E-state index is 12.7. The molecule has 2 heterocycles. The minimum Gasteiger partial charge on any atom is -0.489 e. The fourth-order valence-electron chi connectivity index (χ4n) is 2.80. The first-order valence-electron chi connectivity index (χ1n) is 8.23. The van der Waals surface area contributed by atoms with Crippen molar-refractivity contribution in [2.45, 2.75) is 26.5 Å². The van der Waals surface area contributed by atoms with Crippen LogP contribution >= 0.6 is 0 Å². The normalized spacial score (nSPS) is 17.2. The Morgan fingerprint density at radius 3 is 2.88 bits per heavy atom. The molecule has 0 unspecified atom stereocenters. The summed E-state index contributed by atoms with van der Waals surface area (Å²) in [5.74, 6) is -0.240. The molecule has 1 amide bonds. The van der Waals surface area contributed by atoms with Crippen molar-refractivity contribution in [2.24, 2.45) is 0 Å². The van der Waals surface area contributed by atoms with Gasteiger partial charge < -0.3 is 24.0 Å². The Labute approximate surface area is 150 Å². The molecule has 1 fully saturated rings. The van der Waals surface area contributed by atoms with E-state index in [1.807, 2.05) is 13.8 Å². The lowest BCUT2D eigenvalue weighted by atomic mass is 10.1. The Bertz CT molecular complexity index is 796. The first-order valence-corrected chi connectivity index (χ1v) is 8.23. The quantitative estimate of drug-likeness (QED) is 0.867. The molecule has 1 saturated heterocycles. The molecule has 2 aromatic rings. The van der Waals surface area contributed by atoms with Crippen LogP contribution < -0.4 is 4.74 Å². The molecule has 0 radical (unpaired) electrons. The van der Waals surface area contributed by atoms with Crippen LogP contribution in [0.4, 0.5) is 0 Å². The number of rotatable bonds is 5. The smallest absolute Gasteiger partial charge is 0.328 e. The molecule has 0 bridgehead atoms. The Morgan fingerprint density at radius 1 is 1.38 bits per heavy atom. The molecule has 26 heavy (non-hydrogen) atoms. The first kappa shape index (κ1) is 17.9. The third-order valence-electron chi connectivity index (χ3n) is 4.32. The molecule has 1 aliphatic heterocycles. The Hall–Kier alpha value is -2.87. The zero-order chi connectivity index (χ0) is 18.7. The molecular formula is C18H20N2O6. The van der Waals surface area contributed by atoms with Crippen molar-refractivity contribution in [1.82, 2.24) is 10.1 Å². The number of aryl methyl sites for hydroxylation is 2. The van der Waals surface area contributed by atoms with Crippen molar-refractivity contribution in [3.05, 3.63) is 46.8 Å². The number of aromatic nitrogens is 1. The third kappa shape index (κ3) is 3.70. The first-order chi connectivity index (χ1) is 12.5. The van der Waals surface area contributed by atoms with E-state index < -0.39 is 12.0 Å². The van der Waals surface area contributed by atoms with Crippen molar-refractivity contribution in [1.29, 1.82) is 0 Å². The van der Waals surface area contributed by atoms with E-state index in [4.69, 9.17) is 14.0 Å². The Morgan fingerprint density at radius 2 is 2.19 bits per heavy atom. The fraction of sp³-hybridized carbons (Fsp3) is 0.389. The summed E-state index contributed by atoms with van der Waals surface area (Å²) < 4.78 is 16.0.